The van der Waals surface area contributed by atoms with E-state index >= 15 is 0 Å². The smallest absolute Gasteiger partial charge is 0.323 e. The lowest BCUT2D eigenvalue weighted by Gasteiger charge is -2.15. The van der Waals surface area contributed by atoms with Crippen LogP contribution < -0.4 is 5.69 Å². The van der Waals surface area contributed by atoms with Gasteiger partial charge in [0, 0.05) is 14.5 Å². The lowest BCUT2D eigenvalue weighted by Crippen LogP contribution is -2.01. The second-order valence-electron chi connectivity index (χ2n) is 4.42. The summed E-state index contributed by atoms with van der Waals surface area (Å²) in [6, 6.07) is 11.0. The van der Waals surface area contributed by atoms with Crippen molar-refractivity contribution in [1.82, 2.24) is 9.97 Å². The van der Waals surface area contributed by atoms with Gasteiger partial charge in [-0.25, -0.2) is 4.79 Å². The summed E-state index contributed by atoms with van der Waals surface area (Å²) in [4.78, 5) is 16.7. The van der Waals surface area contributed by atoms with Crippen molar-refractivity contribution in [3.63, 3.8) is 0 Å². The van der Waals surface area contributed by atoms with Gasteiger partial charge in [-0.15, -0.1) is 0 Å². The van der Waals surface area contributed by atoms with Gasteiger partial charge in [0.15, 0.2) is 0 Å². The average molecular weight is 398 g/mol. The Morgan fingerprint density at radius 1 is 0.950 bits per heavy atom. The number of fused-ring (bicyclic) bond motifs is 1. The molecule has 0 fully saturated rings. The van der Waals surface area contributed by atoms with Crippen molar-refractivity contribution in [3.05, 3.63) is 67.0 Å². The van der Waals surface area contributed by atoms with E-state index in [1.807, 2.05) is 24.3 Å². The first-order chi connectivity index (χ1) is 9.56. The lowest BCUT2D eigenvalue weighted by molar-refractivity contribution is 0.219. The second-order valence-corrected chi connectivity index (χ2v) is 6.13. The highest BCUT2D eigenvalue weighted by Gasteiger charge is 2.17. The quantitative estimate of drug-likeness (QED) is 0.619. The Bertz CT molecular complexity index is 839. The number of hydrogen-bond acceptors (Lipinski definition) is 2. The molecule has 0 aliphatic rings. The summed E-state index contributed by atoms with van der Waals surface area (Å²) in [5.74, 6) is 0. The number of nitrogens with one attached hydrogen (secondary N) is 2. The van der Waals surface area contributed by atoms with E-state index < -0.39 is 6.10 Å². The molecule has 1 aromatic heterocycles. The van der Waals surface area contributed by atoms with Crippen molar-refractivity contribution >= 4 is 42.9 Å². The molecule has 4 nitrogen and oxygen atoms in total. The average Bonchev–Trinajstić information content (AvgIpc) is 2.76. The molecule has 1 atom stereocenters. The molecule has 1 unspecified atom stereocenters. The van der Waals surface area contributed by atoms with Crippen LogP contribution in [0.4, 0.5) is 0 Å². The topological polar surface area (TPSA) is 68.9 Å². The molecule has 6 heteroatoms. The molecule has 0 aliphatic heterocycles. The second kappa shape index (κ2) is 5.20. The predicted molar refractivity (Wildman–Crippen MR) is 84.8 cm³/mol. The van der Waals surface area contributed by atoms with Crippen LogP contribution in [0.2, 0.25) is 0 Å². The fraction of sp³-hybridized carbons (Fsp3) is 0.0714. The summed E-state index contributed by atoms with van der Waals surface area (Å²) in [6.07, 6.45) is -0.789. The minimum Gasteiger partial charge on any atom is -0.384 e. The van der Waals surface area contributed by atoms with E-state index in [0.29, 0.717) is 16.6 Å². The highest BCUT2D eigenvalue weighted by molar-refractivity contribution is 9.10. The molecule has 0 saturated heterocycles. The highest BCUT2D eigenvalue weighted by atomic mass is 79.9. The Morgan fingerprint density at radius 2 is 1.60 bits per heavy atom. The zero-order valence-corrected chi connectivity index (χ0v) is 13.3. The molecule has 2 aromatic carbocycles. The van der Waals surface area contributed by atoms with Crippen molar-refractivity contribution in [3.8, 4) is 0 Å². The minimum absolute atomic E-state index is 0.264. The molecular formula is C14H10Br2N2O2. The van der Waals surface area contributed by atoms with Crippen LogP contribution >= 0.6 is 31.9 Å². The largest absolute Gasteiger partial charge is 0.384 e. The molecule has 0 bridgehead atoms. The Hall–Kier alpha value is -1.37. The van der Waals surface area contributed by atoms with E-state index in [-0.39, 0.29) is 5.69 Å². The number of hydrogen-bond donors (Lipinski definition) is 3. The number of H-pyrrole nitrogens is 2. The van der Waals surface area contributed by atoms with Gasteiger partial charge in [0.1, 0.15) is 6.10 Å². The number of aliphatic hydroxyl groups excluding tert-OH is 1. The molecule has 0 spiro atoms. The molecule has 0 saturated carbocycles. The van der Waals surface area contributed by atoms with Crippen LogP contribution in [0.5, 0.6) is 0 Å². The summed E-state index contributed by atoms with van der Waals surface area (Å²) in [6.45, 7) is 0. The Labute approximate surface area is 131 Å². The molecule has 1 heterocycles. The van der Waals surface area contributed by atoms with Crippen LogP contribution in [0.1, 0.15) is 17.2 Å². The maximum atomic E-state index is 11.3. The zero-order chi connectivity index (χ0) is 14.3. The number of aromatic nitrogens is 2. The number of benzene rings is 2. The van der Waals surface area contributed by atoms with Gasteiger partial charge in [0.05, 0.1) is 11.0 Å². The number of aliphatic hydroxyl groups is 1. The van der Waals surface area contributed by atoms with Gasteiger partial charge in [0.25, 0.3) is 0 Å². The molecule has 102 valence electrons. The van der Waals surface area contributed by atoms with Crippen LogP contribution in [-0.2, 0) is 0 Å². The fourth-order valence-electron chi connectivity index (χ4n) is 2.15. The standard InChI is InChI=1S/C14H10Br2N2O2/c15-9-4-2-1-3-7(9)13(19)8-5-11-12(6-10(8)16)18-14(20)17-11/h1-6,13,19H,(H2,17,18,20). The van der Waals surface area contributed by atoms with Crippen molar-refractivity contribution in [2.24, 2.45) is 0 Å². The number of halogens is 2. The molecule has 0 radical (unpaired) electrons. The van der Waals surface area contributed by atoms with E-state index in [9.17, 15) is 9.90 Å². The lowest BCUT2D eigenvalue weighted by atomic mass is 10.0. The maximum Gasteiger partial charge on any atom is 0.323 e. The summed E-state index contributed by atoms with van der Waals surface area (Å²) >= 11 is 6.87. The highest BCUT2D eigenvalue weighted by Crippen LogP contribution is 2.34. The summed E-state index contributed by atoms with van der Waals surface area (Å²) < 4.78 is 1.57. The Kier molecular flexibility index (Phi) is 3.54. The van der Waals surface area contributed by atoms with Gasteiger partial charge in [-0.2, -0.15) is 0 Å². The molecular weight excluding hydrogens is 388 g/mol. The Balaban J connectivity index is 2.16. The van der Waals surface area contributed by atoms with Crippen molar-refractivity contribution in [1.29, 1.82) is 0 Å². The van der Waals surface area contributed by atoms with Gasteiger partial charge in [0.2, 0.25) is 0 Å². The summed E-state index contributed by atoms with van der Waals surface area (Å²) in [5, 5.41) is 10.6. The number of aromatic amines is 2. The first kappa shape index (κ1) is 13.6. The molecule has 0 amide bonds. The van der Waals surface area contributed by atoms with E-state index in [1.165, 1.54) is 0 Å². The van der Waals surface area contributed by atoms with Crippen LogP contribution in [0.3, 0.4) is 0 Å². The predicted octanol–water partition coefficient (Wildman–Crippen LogP) is 3.46. The SMILES string of the molecule is O=c1[nH]c2cc(Br)c(C(O)c3ccccc3Br)cc2[nH]1. The first-order valence-corrected chi connectivity index (χ1v) is 7.49. The Morgan fingerprint density at radius 3 is 2.30 bits per heavy atom. The molecule has 3 aromatic rings. The molecule has 0 aliphatic carbocycles. The van der Waals surface area contributed by atoms with Gasteiger partial charge in [-0.1, -0.05) is 50.1 Å². The molecule has 3 N–H and O–H groups in total. The van der Waals surface area contributed by atoms with Gasteiger partial charge in [-0.3, -0.25) is 0 Å². The van der Waals surface area contributed by atoms with E-state index in [4.69, 9.17) is 0 Å². The van der Waals surface area contributed by atoms with Gasteiger partial charge in [-0.05, 0) is 23.8 Å². The van der Waals surface area contributed by atoms with Gasteiger partial charge >= 0.3 is 5.69 Å². The van der Waals surface area contributed by atoms with Crippen LogP contribution in [-0.4, -0.2) is 15.1 Å². The maximum absolute atomic E-state index is 11.3. The van der Waals surface area contributed by atoms with Crippen molar-refractivity contribution < 1.29 is 5.11 Å². The molecule has 3 rings (SSSR count). The third-order valence-electron chi connectivity index (χ3n) is 3.13. The summed E-state index contributed by atoms with van der Waals surface area (Å²) in [7, 11) is 0. The third kappa shape index (κ3) is 2.34. The monoisotopic (exact) mass is 396 g/mol. The minimum atomic E-state index is -0.789. The van der Waals surface area contributed by atoms with Gasteiger partial charge < -0.3 is 15.1 Å². The fourth-order valence-corrected chi connectivity index (χ4v) is 3.21. The van der Waals surface area contributed by atoms with E-state index in [1.54, 1.807) is 12.1 Å². The van der Waals surface area contributed by atoms with Crippen molar-refractivity contribution in [2.45, 2.75) is 6.10 Å². The zero-order valence-electron chi connectivity index (χ0n) is 10.2. The normalized spacial score (nSPS) is 12.8. The van der Waals surface area contributed by atoms with Crippen LogP contribution in [0.25, 0.3) is 11.0 Å². The number of rotatable bonds is 2. The van der Waals surface area contributed by atoms with E-state index in [0.717, 1.165) is 14.5 Å². The van der Waals surface area contributed by atoms with E-state index in [2.05, 4.69) is 41.8 Å². The molecule has 20 heavy (non-hydrogen) atoms. The third-order valence-corrected chi connectivity index (χ3v) is 4.54. The number of imidazole rings is 1. The van der Waals surface area contributed by atoms with Crippen LogP contribution in [0.15, 0.2) is 50.1 Å². The van der Waals surface area contributed by atoms with Crippen LogP contribution in [0, 0.1) is 0 Å². The van der Waals surface area contributed by atoms with Crippen molar-refractivity contribution in [2.75, 3.05) is 0 Å². The first-order valence-electron chi connectivity index (χ1n) is 5.90. The summed E-state index contributed by atoms with van der Waals surface area (Å²) in [5.41, 5.74) is 2.56.